The molecule has 1 heterocycles. The fourth-order valence-electron chi connectivity index (χ4n) is 2.96. The van der Waals surface area contributed by atoms with Crippen molar-refractivity contribution in [3.8, 4) is 0 Å². The highest BCUT2D eigenvalue weighted by Gasteiger charge is 2.35. The number of hydrogen-bond acceptors (Lipinski definition) is 3. The smallest absolute Gasteiger partial charge is 0.230 e. The van der Waals surface area contributed by atoms with E-state index in [0.717, 1.165) is 25.0 Å². The summed E-state index contributed by atoms with van der Waals surface area (Å²) >= 11 is 1.47. The van der Waals surface area contributed by atoms with Gasteiger partial charge in [0.15, 0.2) is 0 Å². The molecule has 0 saturated carbocycles. The largest absolute Gasteiger partial charge is 0.346 e. The minimum atomic E-state index is -0.229. The number of carbonyl (C=O) groups excluding carboxylic acids is 1. The molecule has 1 N–H and O–H groups in total. The van der Waals surface area contributed by atoms with Crippen molar-refractivity contribution in [1.82, 2.24) is 5.32 Å². The normalized spacial score (nSPS) is 29.0. The quantitative estimate of drug-likeness (QED) is 0.842. The molecule has 3 nitrogen and oxygen atoms in total. The first kappa shape index (κ1) is 12.7. The van der Waals surface area contributed by atoms with Crippen LogP contribution in [0.3, 0.4) is 0 Å². The number of carbonyl (C=O) groups is 1. The van der Waals surface area contributed by atoms with Crippen LogP contribution >= 0.6 is 11.9 Å². The molecule has 1 aliphatic heterocycles. The Balaban J connectivity index is 1.83. The summed E-state index contributed by atoms with van der Waals surface area (Å²) in [6.07, 6.45) is 5.01. The lowest BCUT2D eigenvalue weighted by atomic mass is 9.77. The Morgan fingerprint density at radius 3 is 3.11 bits per heavy atom. The maximum atomic E-state index is 12.3. The van der Waals surface area contributed by atoms with Crippen LogP contribution in [0.5, 0.6) is 0 Å². The molecule has 0 saturated heterocycles. The van der Waals surface area contributed by atoms with Crippen molar-refractivity contribution in [2.75, 3.05) is 5.75 Å². The standard InChI is InChI=1S/C15H18N2OS/c1-15(17-14(18)12-9-16-19-10-12)8-4-6-11-5-2-3-7-13(11)15/h2-3,5,7,9,12H,4,6,8,10H2,1H3,(H,17,18). The van der Waals surface area contributed by atoms with Crippen LogP contribution in [0.1, 0.15) is 30.9 Å². The van der Waals surface area contributed by atoms with Crippen molar-refractivity contribution in [3.05, 3.63) is 35.4 Å². The molecule has 1 amide bonds. The maximum Gasteiger partial charge on any atom is 0.230 e. The van der Waals surface area contributed by atoms with Gasteiger partial charge in [0.2, 0.25) is 5.91 Å². The van der Waals surface area contributed by atoms with E-state index in [4.69, 9.17) is 0 Å². The number of benzene rings is 1. The lowest BCUT2D eigenvalue weighted by molar-refractivity contribution is -0.124. The molecule has 3 rings (SSSR count). The summed E-state index contributed by atoms with van der Waals surface area (Å²) in [5.74, 6) is 0.799. The molecular weight excluding hydrogens is 256 g/mol. The van der Waals surface area contributed by atoms with Crippen LogP contribution in [-0.2, 0) is 16.8 Å². The predicted molar refractivity (Wildman–Crippen MR) is 79.3 cm³/mol. The number of rotatable bonds is 2. The lowest BCUT2D eigenvalue weighted by Crippen LogP contribution is -2.48. The second-order valence-corrected chi connectivity index (χ2v) is 6.29. The molecule has 1 aliphatic carbocycles. The van der Waals surface area contributed by atoms with Crippen molar-refractivity contribution >= 4 is 24.1 Å². The molecule has 2 atom stereocenters. The van der Waals surface area contributed by atoms with E-state index in [-0.39, 0.29) is 17.4 Å². The molecule has 19 heavy (non-hydrogen) atoms. The molecule has 100 valence electrons. The summed E-state index contributed by atoms with van der Waals surface area (Å²) < 4.78 is 4.08. The number of fused-ring (bicyclic) bond motifs is 1. The van der Waals surface area contributed by atoms with E-state index in [1.165, 1.54) is 23.1 Å². The third kappa shape index (κ3) is 2.41. The van der Waals surface area contributed by atoms with Gasteiger partial charge in [-0.2, -0.15) is 0 Å². The van der Waals surface area contributed by atoms with E-state index in [9.17, 15) is 4.79 Å². The number of amides is 1. The molecule has 1 aromatic rings. The molecule has 0 bridgehead atoms. The lowest BCUT2D eigenvalue weighted by Gasteiger charge is -2.37. The van der Waals surface area contributed by atoms with Gasteiger partial charge in [0.25, 0.3) is 0 Å². The Morgan fingerprint density at radius 2 is 2.32 bits per heavy atom. The molecule has 2 aliphatic rings. The van der Waals surface area contributed by atoms with Crippen LogP contribution in [0, 0.1) is 5.92 Å². The average Bonchev–Trinajstić information content (AvgIpc) is 2.93. The van der Waals surface area contributed by atoms with E-state index < -0.39 is 0 Å². The van der Waals surface area contributed by atoms with Gasteiger partial charge in [-0.15, -0.1) is 0 Å². The fraction of sp³-hybridized carbons (Fsp3) is 0.467. The summed E-state index contributed by atoms with van der Waals surface area (Å²) in [6, 6.07) is 8.45. The Hall–Kier alpha value is -1.29. The van der Waals surface area contributed by atoms with Gasteiger partial charge >= 0.3 is 0 Å². The van der Waals surface area contributed by atoms with Crippen molar-refractivity contribution in [1.29, 1.82) is 0 Å². The van der Waals surface area contributed by atoms with E-state index >= 15 is 0 Å². The molecule has 4 heteroatoms. The topological polar surface area (TPSA) is 41.5 Å². The number of hydrogen-bond donors (Lipinski definition) is 1. The average molecular weight is 274 g/mol. The highest BCUT2D eigenvalue weighted by Crippen LogP contribution is 2.35. The summed E-state index contributed by atoms with van der Waals surface area (Å²) in [5, 5.41) is 3.25. The maximum absolute atomic E-state index is 12.3. The monoisotopic (exact) mass is 274 g/mol. The van der Waals surface area contributed by atoms with Crippen molar-refractivity contribution in [3.63, 3.8) is 0 Å². The van der Waals surface area contributed by atoms with Gasteiger partial charge in [-0.25, -0.2) is 4.40 Å². The van der Waals surface area contributed by atoms with Gasteiger partial charge in [-0.1, -0.05) is 24.3 Å². The van der Waals surface area contributed by atoms with Crippen LogP contribution in [0.4, 0.5) is 0 Å². The van der Waals surface area contributed by atoms with Gasteiger partial charge in [-0.05, 0) is 49.3 Å². The zero-order valence-electron chi connectivity index (χ0n) is 11.1. The molecule has 2 unspecified atom stereocenters. The molecule has 0 aromatic heterocycles. The zero-order valence-corrected chi connectivity index (χ0v) is 11.9. The first-order valence-electron chi connectivity index (χ1n) is 6.75. The Labute approximate surface area is 118 Å². The molecular formula is C15H18N2OS. The number of aryl methyl sites for hydroxylation is 1. The Bertz CT molecular complexity index is 529. The first-order valence-corrected chi connectivity index (χ1v) is 7.69. The van der Waals surface area contributed by atoms with Crippen LogP contribution in [0.15, 0.2) is 28.7 Å². The minimum absolute atomic E-state index is 0.0732. The molecule has 0 radical (unpaired) electrons. The predicted octanol–water partition coefficient (Wildman–Crippen LogP) is 2.70. The second kappa shape index (κ2) is 5.00. The van der Waals surface area contributed by atoms with Crippen LogP contribution in [0.25, 0.3) is 0 Å². The third-order valence-corrected chi connectivity index (χ3v) is 4.82. The van der Waals surface area contributed by atoms with Crippen LogP contribution in [0.2, 0.25) is 0 Å². The van der Waals surface area contributed by atoms with Crippen molar-refractivity contribution in [2.24, 2.45) is 10.3 Å². The third-order valence-electron chi connectivity index (χ3n) is 4.04. The summed E-state index contributed by atoms with van der Waals surface area (Å²) in [6.45, 7) is 2.14. The summed E-state index contributed by atoms with van der Waals surface area (Å²) in [4.78, 5) is 12.3. The summed E-state index contributed by atoms with van der Waals surface area (Å²) in [7, 11) is 0. The number of nitrogens with one attached hydrogen (secondary N) is 1. The number of nitrogens with zero attached hydrogens (tertiary/aromatic N) is 1. The highest BCUT2D eigenvalue weighted by molar-refractivity contribution is 7.98. The molecule has 0 spiro atoms. The molecule has 0 fully saturated rings. The van der Waals surface area contributed by atoms with Crippen LogP contribution < -0.4 is 5.32 Å². The Morgan fingerprint density at radius 1 is 1.47 bits per heavy atom. The minimum Gasteiger partial charge on any atom is -0.346 e. The van der Waals surface area contributed by atoms with Gasteiger partial charge in [0.05, 0.1) is 11.5 Å². The fourth-order valence-corrected chi connectivity index (χ4v) is 3.68. The summed E-state index contributed by atoms with van der Waals surface area (Å²) in [5.41, 5.74) is 2.41. The zero-order chi connectivity index (χ0) is 13.3. The Kier molecular flexibility index (Phi) is 3.35. The van der Waals surface area contributed by atoms with E-state index in [1.54, 1.807) is 6.21 Å². The van der Waals surface area contributed by atoms with Crippen molar-refractivity contribution < 1.29 is 4.79 Å². The van der Waals surface area contributed by atoms with E-state index in [2.05, 4.69) is 40.9 Å². The first-order chi connectivity index (χ1) is 9.19. The van der Waals surface area contributed by atoms with Gasteiger partial charge in [0.1, 0.15) is 0 Å². The molecule has 1 aromatic carbocycles. The van der Waals surface area contributed by atoms with Gasteiger partial charge < -0.3 is 5.32 Å². The van der Waals surface area contributed by atoms with E-state index in [0.29, 0.717) is 0 Å². The van der Waals surface area contributed by atoms with Gasteiger partial charge in [-0.3, -0.25) is 4.79 Å². The SMILES string of the molecule is CC1(NC(=O)C2C=NSC2)CCCc2ccccc21. The van der Waals surface area contributed by atoms with Gasteiger partial charge in [0, 0.05) is 12.0 Å². The van der Waals surface area contributed by atoms with Crippen molar-refractivity contribution in [2.45, 2.75) is 31.7 Å². The second-order valence-electron chi connectivity index (χ2n) is 5.49. The highest BCUT2D eigenvalue weighted by atomic mass is 32.2. The van der Waals surface area contributed by atoms with E-state index in [1.807, 2.05) is 0 Å². The van der Waals surface area contributed by atoms with Crippen LogP contribution in [-0.4, -0.2) is 17.9 Å².